The molecule has 0 saturated carbocycles. The zero-order valence-corrected chi connectivity index (χ0v) is 14.3. The van der Waals surface area contributed by atoms with E-state index in [2.05, 4.69) is 15.3 Å². The van der Waals surface area contributed by atoms with E-state index in [4.69, 9.17) is 4.74 Å². The van der Waals surface area contributed by atoms with E-state index in [9.17, 15) is 8.42 Å². The fourth-order valence-electron chi connectivity index (χ4n) is 3.41. The van der Waals surface area contributed by atoms with Gasteiger partial charge in [0, 0.05) is 38.1 Å². The molecule has 0 aliphatic carbocycles. The van der Waals surface area contributed by atoms with E-state index in [0.29, 0.717) is 25.6 Å². The molecule has 3 heterocycles. The maximum absolute atomic E-state index is 12.0. The molecule has 2 aliphatic heterocycles. The van der Waals surface area contributed by atoms with Crippen LogP contribution in [0.3, 0.4) is 0 Å². The molecular formula is C15H24N4O3S. The number of nitrogens with one attached hydrogen (secondary N) is 1. The predicted octanol–water partition coefficient (Wildman–Crippen LogP) is 1.25. The number of hydrogen-bond donors (Lipinski definition) is 1. The van der Waals surface area contributed by atoms with Crippen LogP contribution in [0, 0.1) is 0 Å². The highest BCUT2D eigenvalue weighted by atomic mass is 32.2. The van der Waals surface area contributed by atoms with Crippen molar-refractivity contribution in [1.29, 1.82) is 0 Å². The molecule has 7 nitrogen and oxygen atoms in total. The van der Waals surface area contributed by atoms with Crippen molar-refractivity contribution >= 4 is 16.0 Å². The van der Waals surface area contributed by atoms with Crippen molar-refractivity contribution in [2.75, 3.05) is 30.8 Å². The molecule has 0 aromatic carbocycles. The molecule has 2 fully saturated rings. The normalized spacial score (nSPS) is 25.3. The molecule has 1 spiro atoms. The first-order valence-electron chi connectivity index (χ1n) is 8.18. The van der Waals surface area contributed by atoms with Gasteiger partial charge in [0.25, 0.3) is 0 Å². The molecule has 0 bridgehead atoms. The van der Waals surface area contributed by atoms with E-state index in [-0.39, 0.29) is 17.4 Å². The maximum atomic E-state index is 12.0. The number of hydrogen-bond acceptors (Lipinski definition) is 6. The molecule has 1 aromatic heterocycles. The van der Waals surface area contributed by atoms with Crippen molar-refractivity contribution in [3.05, 3.63) is 18.5 Å². The summed E-state index contributed by atoms with van der Waals surface area (Å²) in [5.41, 5.74) is -0.218. The minimum absolute atomic E-state index is 0.163. The van der Waals surface area contributed by atoms with Gasteiger partial charge in [-0.05, 0) is 38.7 Å². The van der Waals surface area contributed by atoms with Gasteiger partial charge in [0.05, 0.1) is 11.4 Å². The van der Waals surface area contributed by atoms with Gasteiger partial charge < -0.3 is 10.1 Å². The van der Waals surface area contributed by atoms with Crippen LogP contribution in [0.15, 0.2) is 18.5 Å². The largest absolute Gasteiger partial charge is 0.375 e. The van der Waals surface area contributed by atoms with Crippen LogP contribution in [0.4, 0.5) is 5.95 Å². The van der Waals surface area contributed by atoms with E-state index in [1.165, 1.54) is 0 Å². The SMILES string of the molecule is CCS(=O)(=O)N1CCC2(CC1)CC(Nc1ncccn1)CCO2. The summed E-state index contributed by atoms with van der Waals surface area (Å²) in [6, 6.07) is 2.06. The van der Waals surface area contributed by atoms with E-state index < -0.39 is 10.0 Å². The number of ether oxygens (including phenoxy) is 1. The predicted molar refractivity (Wildman–Crippen MR) is 87.6 cm³/mol. The third kappa shape index (κ3) is 3.81. The molecule has 2 aliphatic rings. The molecule has 0 amide bonds. The average Bonchev–Trinajstić information content (AvgIpc) is 2.56. The van der Waals surface area contributed by atoms with Crippen LogP contribution in [0.5, 0.6) is 0 Å². The second kappa shape index (κ2) is 6.70. The van der Waals surface area contributed by atoms with Crippen LogP contribution < -0.4 is 5.32 Å². The first kappa shape index (κ1) is 16.6. The van der Waals surface area contributed by atoms with Gasteiger partial charge in [0.15, 0.2) is 0 Å². The smallest absolute Gasteiger partial charge is 0.222 e. The number of piperidine rings is 1. The topological polar surface area (TPSA) is 84.4 Å². The highest BCUT2D eigenvalue weighted by Crippen LogP contribution is 2.36. The lowest BCUT2D eigenvalue weighted by Crippen LogP contribution is -2.52. The summed E-state index contributed by atoms with van der Waals surface area (Å²) < 4.78 is 31.6. The average molecular weight is 340 g/mol. The Hall–Kier alpha value is -1.25. The van der Waals surface area contributed by atoms with Crippen molar-refractivity contribution in [3.8, 4) is 0 Å². The summed E-state index contributed by atoms with van der Waals surface area (Å²) in [6.45, 7) is 3.47. The van der Waals surface area contributed by atoms with Gasteiger partial charge in [-0.2, -0.15) is 0 Å². The van der Waals surface area contributed by atoms with Gasteiger partial charge >= 0.3 is 0 Å². The summed E-state index contributed by atoms with van der Waals surface area (Å²) in [4.78, 5) is 8.42. The molecule has 1 unspecified atom stereocenters. The first-order valence-corrected chi connectivity index (χ1v) is 9.79. The number of nitrogens with zero attached hydrogens (tertiary/aromatic N) is 3. The lowest BCUT2D eigenvalue weighted by molar-refractivity contribution is -0.106. The van der Waals surface area contributed by atoms with Gasteiger partial charge in [-0.15, -0.1) is 0 Å². The second-order valence-corrected chi connectivity index (χ2v) is 8.50. The number of aromatic nitrogens is 2. The van der Waals surface area contributed by atoms with Gasteiger partial charge in [-0.25, -0.2) is 22.7 Å². The van der Waals surface area contributed by atoms with Gasteiger partial charge in [-0.3, -0.25) is 0 Å². The van der Waals surface area contributed by atoms with Gasteiger partial charge in [0.2, 0.25) is 16.0 Å². The molecule has 3 rings (SSSR count). The third-order valence-electron chi connectivity index (χ3n) is 4.78. The molecule has 128 valence electrons. The van der Waals surface area contributed by atoms with E-state index in [1.807, 2.05) is 0 Å². The number of sulfonamides is 1. The summed E-state index contributed by atoms with van der Waals surface area (Å²) in [5.74, 6) is 0.802. The summed E-state index contributed by atoms with van der Waals surface area (Å²) in [5, 5.41) is 3.37. The van der Waals surface area contributed by atoms with Crippen LogP contribution in [-0.2, 0) is 14.8 Å². The standard InChI is InChI=1S/C15H24N4O3S/c1-2-23(20,21)19-9-5-15(6-10-19)12-13(4-11-22-15)18-14-16-7-3-8-17-14/h3,7-8,13H,2,4-6,9-12H2,1H3,(H,16,17,18). The van der Waals surface area contributed by atoms with Crippen LogP contribution in [0.2, 0.25) is 0 Å². The Labute approximate surface area is 137 Å². The monoisotopic (exact) mass is 340 g/mol. The quantitative estimate of drug-likeness (QED) is 0.888. The Morgan fingerprint density at radius 2 is 2.04 bits per heavy atom. The van der Waals surface area contributed by atoms with Crippen molar-refractivity contribution in [2.24, 2.45) is 0 Å². The molecule has 0 radical (unpaired) electrons. The second-order valence-electron chi connectivity index (χ2n) is 6.24. The van der Waals surface area contributed by atoms with Gasteiger partial charge in [-0.1, -0.05) is 0 Å². The van der Waals surface area contributed by atoms with E-state index in [0.717, 1.165) is 25.7 Å². The molecule has 1 N–H and O–H groups in total. The van der Waals surface area contributed by atoms with Crippen LogP contribution >= 0.6 is 0 Å². The molecular weight excluding hydrogens is 316 g/mol. The summed E-state index contributed by atoms with van der Waals surface area (Å²) in [6.07, 6.45) is 6.72. The fraction of sp³-hybridized carbons (Fsp3) is 0.733. The zero-order valence-electron chi connectivity index (χ0n) is 13.4. The molecule has 1 atom stereocenters. The van der Waals surface area contributed by atoms with Crippen molar-refractivity contribution in [2.45, 2.75) is 44.2 Å². The van der Waals surface area contributed by atoms with Crippen molar-refractivity contribution in [3.63, 3.8) is 0 Å². The van der Waals surface area contributed by atoms with Crippen molar-refractivity contribution in [1.82, 2.24) is 14.3 Å². The minimum Gasteiger partial charge on any atom is -0.375 e. The molecule has 2 saturated heterocycles. The summed E-state index contributed by atoms with van der Waals surface area (Å²) in [7, 11) is -3.10. The lowest BCUT2D eigenvalue weighted by Gasteiger charge is -2.45. The number of rotatable bonds is 4. The van der Waals surface area contributed by atoms with Crippen LogP contribution in [0.1, 0.15) is 32.6 Å². The Kier molecular flexibility index (Phi) is 4.84. The Balaban J connectivity index is 1.61. The Morgan fingerprint density at radius 1 is 1.35 bits per heavy atom. The first-order chi connectivity index (χ1) is 11.0. The van der Waals surface area contributed by atoms with Crippen molar-refractivity contribution < 1.29 is 13.2 Å². The number of anilines is 1. The molecule has 8 heteroatoms. The van der Waals surface area contributed by atoms with Crippen LogP contribution in [0.25, 0.3) is 0 Å². The molecule has 1 aromatic rings. The highest BCUT2D eigenvalue weighted by molar-refractivity contribution is 7.89. The van der Waals surface area contributed by atoms with E-state index >= 15 is 0 Å². The Bertz CT molecular complexity index is 615. The minimum atomic E-state index is -3.10. The molecule has 23 heavy (non-hydrogen) atoms. The third-order valence-corrected chi connectivity index (χ3v) is 6.67. The lowest BCUT2D eigenvalue weighted by atomic mass is 9.83. The maximum Gasteiger partial charge on any atom is 0.222 e. The highest BCUT2D eigenvalue weighted by Gasteiger charge is 2.42. The Morgan fingerprint density at radius 3 is 2.70 bits per heavy atom. The van der Waals surface area contributed by atoms with E-state index in [1.54, 1.807) is 29.7 Å². The van der Waals surface area contributed by atoms with Gasteiger partial charge in [0.1, 0.15) is 0 Å². The van der Waals surface area contributed by atoms with Crippen LogP contribution in [-0.4, -0.2) is 59.8 Å². The fourth-order valence-corrected chi connectivity index (χ4v) is 4.51. The summed E-state index contributed by atoms with van der Waals surface area (Å²) >= 11 is 0. The zero-order chi connectivity index (χ0) is 16.3.